The molecule has 0 saturated carbocycles. The minimum atomic E-state index is -0.297. The molecule has 2 rings (SSSR count). The van der Waals surface area contributed by atoms with Gasteiger partial charge in [-0.25, -0.2) is 0 Å². The van der Waals surface area contributed by atoms with E-state index in [2.05, 4.69) is 31.4 Å². The van der Waals surface area contributed by atoms with Crippen molar-refractivity contribution in [1.82, 2.24) is 10.6 Å². The quantitative estimate of drug-likeness (QED) is 0.819. The van der Waals surface area contributed by atoms with Crippen LogP contribution < -0.4 is 10.6 Å². The first-order valence-corrected chi connectivity index (χ1v) is 7.55. The molecule has 2 saturated heterocycles. The first kappa shape index (κ1) is 14.8. The summed E-state index contributed by atoms with van der Waals surface area (Å²) in [6, 6.07) is 0. The highest BCUT2D eigenvalue weighted by Crippen LogP contribution is 2.33. The summed E-state index contributed by atoms with van der Waals surface area (Å²) in [5.41, 5.74) is -0.385. The number of carbonyl (C=O) groups is 1. The highest BCUT2D eigenvalue weighted by Gasteiger charge is 2.40. The van der Waals surface area contributed by atoms with E-state index in [1.807, 2.05) is 0 Å². The molecular formula is C15H28N2O2. The third kappa shape index (κ3) is 3.48. The van der Waals surface area contributed by atoms with Crippen molar-refractivity contribution < 1.29 is 9.53 Å². The molecule has 1 amide bonds. The Kier molecular flexibility index (Phi) is 4.51. The van der Waals surface area contributed by atoms with Gasteiger partial charge in [-0.1, -0.05) is 13.8 Å². The second-order valence-electron chi connectivity index (χ2n) is 6.89. The van der Waals surface area contributed by atoms with Crippen LogP contribution in [0.5, 0.6) is 0 Å². The SMILES string of the molecule is CC1(NC(=O)C(C)(C)C2CCCNC2)CCOCC1. The van der Waals surface area contributed by atoms with Crippen LogP contribution in [-0.4, -0.2) is 37.7 Å². The summed E-state index contributed by atoms with van der Waals surface area (Å²) in [7, 11) is 0. The number of ether oxygens (including phenoxy) is 1. The summed E-state index contributed by atoms with van der Waals surface area (Å²) in [5.74, 6) is 0.635. The molecule has 2 N–H and O–H groups in total. The standard InChI is InChI=1S/C15H28N2O2/c1-14(2,12-5-4-8-16-11-12)13(18)17-15(3)6-9-19-10-7-15/h12,16H,4-11H2,1-3H3,(H,17,18). The first-order chi connectivity index (χ1) is 8.94. The minimum Gasteiger partial charge on any atom is -0.381 e. The molecule has 4 heteroatoms. The number of piperidine rings is 1. The van der Waals surface area contributed by atoms with Gasteiger partial charge in [-0.15, -0.1) is 0 Å². The van der Waals surface area contributed by atoms with Crippen molar-refractivity contribution in [3.8, 4) is 0 Å². The van der Waals surface area contributed by atoms with Crippen molar-refractivity contribution >= 4 is 5.91 Å². The third-order valence-electron chi connectivity index (χ3n) is 4.91. The Labute approximate surface area is 116 Å². The summed E-state index contributed by atoms with van der Waals surface area (Å²) < 4.78 is 5.39. The predicted molar refractivity (Wildman–Crippen MR) is 76.0 cm³/mol. The number of amides is 1. The highest BCUT2D eigenvalue weighted by molar-refractivity contribution is 5.83. The van der Waals surface area contributed by atoms with Gasteiger partial charge in [-0.05, 0) is 51.6 Å². The van der Waals surface area contributed by atoms with Gasteiger partial charge in [0, 0.05) is 24.2 Å². The fourth-order valence-corrected chi connectivity index (χ4v) is 3.04. The Bertz CT molecular complexity index is 316. The van der Waals surface area contributed by atoms with E-state index in [0.29, 0.717) is 5.92 Å². The smallest absolute Gasteiger partial charge is 0.226 e. The Hall–Kier alpha value is -0.610. The molecule has 110 valence electrons. The maximum absolute atomic E-state index is 12.7. The van der Waals surface area contributed by atoms with Crippen molar-refractivity contribution in [2.45, 2.75) is 52.0 Å². The van der Waals surface area contributed by atoms with Gasteiger partial charge in [0.2, 0.25) is 5.91 Å². The summed E-state index contributed by atoms with van der Waals surface area (Å²) in [5, 5.41) is 6.70. The second kappa shape index (κ2) is 5.80. The lowest BCUT2D eigenvalue weighted by atomic mass is 9.73. The van der Waals surface area contributed by atoms with Crippen LogP contribution in [0.15, 0.2) is 0 Å². The van der Waals surface area contributed by atoms with Crippen molar-refractivity contribution in [3.63, 3.8) is 0 Å². The Morgan fingerprint density at radius 2 is 2.05 bits per heavy atom. The number of hydrogen-bond acceptors (Lipinski definition) is 3. The van der Waals surface area contributed by atoms with Crippen LogP contribution >= 0.6 is 0 Å². The van der Waals surface area contributed by atoms with Crippen LogP contribution in [-0.2, 0) is 9.53 Å². The zero-order chi connectivity index (χ0) is 13.9. The molecule has 0 aromatic rings. The summed E-state index contributed by atoms with van der Waals surface area (Å²) >= 11 is 0. The highest BCUT2D eigenvalue weighted by atomic mass is 16.5. The topological polar surface area (TPSA) is 50.4 Å². The first-order valence-electron chi connectivity index (χ1n) is 7.55. The van der Waals surface area contributed by atoms with E-state index < -0.39 is 0 Å². The van der Waals surface area contributed by atoms with Crippen molar-refractivity contribution in [1.29, 1.82) is 0 Å². The van der Waals surface area contributed by atoms with Gasteiger partial charge in [0.1, 0.15) is 0 Å². The van der Waals surface area contributed by atoms with Gasteiger partial charge in [0.25, 0.3) is 0 Å². The van der Waals surface area contributed by atoms with E-state index >= 15 is 0 Å². The van der Waals surface area contributed by atoms with Crippen LogP contribution in [0.4, 0.5) is 0 Å². The molecular weight excluding hydrogens is 240 g/mol. The van der Waals surface area contributed by atoms with Crippen LogP contribution in [0.25, 0.3) is 0 Å². The molecule has 19 heavy (non-hydrogen) atoms. The molecule has 0 aromatic heterocycles. The average molecular weight is 268 g/mol. The minimum absolute atomic E-state index is 0.0886. The van der Waals surface area contributed by atoms with E-state index in [1.54, 1.807) is 0 Å². The van der Waals surface area contributed by atoms with E-state index in [1.165, 1.54) is 6.42 Å². The fraction of sp³-hybridized carbons (Fsp3) is 0.933. The van der Waals surface area contributed by atoms with E-state index in [0.717, 1.165) is 45.6 Å². The molecule has 0 bridgehead atoms. The van der Waals surface area contributed by atoms with Gasteiger partial charge >= 0.3 is 0 Å². The van der Waals surface area contributed by atoms with Crippen LogP contribution in [0.2, 0.25) is 0 Å². The fourth-order valence-electron chi connectivity index (χ4n) is 3.04. The largest absolute Gasteiger partial charge is 0.381 e. The Balaban J connectivity index is 1.97. The van der Waals surface area contributed by atoms with Gasteiger partial charge in [-0.2, -0.15) is 0 Å². The van der Waals surface area contributed by atoms with Crippen LogP contribution in [0.1, 0.15) is 46.5 Å². The van der Waals surface area contributed by atoms with Crippen molar-refractivity contribution in [2.75, 3.05) is 26.3 Å². The number of hydrogen-bond donors (Lipinski definition) is 2. The van der Waals surface area contributed by atoms with Gasteiger partial charge in [-0.3, -0.25) is 4.79 Å². The molecule has 1 unspecified atom stereocenters. The lowest BCUT2D eigenvalue weighted by molar-refractivity contribution is -0.135. The molecule has 0 radical (unpaired) electrons. The number of carbonyl (C=O) groups excluding carboxylic acids is 1. The third-order valence-corrected chi connectivity index (χ3v) is 4.91. The van der Waals surface area contributed by atoms with E-state index in [-0.39, 0.29) is 16.9 Å². The zero-order valence-corrected chi connectivity index (χ0v) is 12.6. The average Bonchev–Trinajstić information content (AvgIpc) is 2.40. The Morgan fingerprint density at radius 1 is 1.37 bits per heavy atom. The molecule has 1 atom stereocenters. The maximum atomic E-state index is 12.7. The number of nitrogens with one attached hydrogen (secondary N) is 2. The Morgan fingerprint density at radius 3 is 2.63 bits per heavy atom. The van der Waals surface area contributed by atoms with Crippen LogP contribution in [0.3, 0.4) is 0 Å². The lowest BCUT2D eigenvalue weighted by Crippen LogP contribution is -2.56. The van der Waals surface area contributed by atoms with Crippen molar-refractivity contribution in [2.24, 2.45) is 11.3 Å². The van der Waals surface area contributed by atoms with Gasteiger partial charge in [0.05, 0.1) is 0 Å². The normalized spacial score (nSPS) is 27.8. The lowest BCUT2D eigenvalue weighted by Gasteiger charge is -2.41. The monoisotopic (exact) mass is 268 g/mol. The van der Waals surface area contributed by atoms with Gasteiger partial charge < -0.3 is 15.4 Å². The molecule has 2 fully saturated rings. The number of rotatable bonds is 3. The van der Waals surface area contributed by atoms with E-state index in [4.69, 9.17) is 4.74 Å². The molecule has 2 aliphatic rings. The van der Waals surface area contributed by atoms with Crippen LogP contribution in [0, 0.1) is 11.3 Å². The molecule has 0 aliphatic carbocycles. The van der Waals surface area contributed by atoms with Gasteiger partial charge in [0.15, 0.2) is 0 Å². The molecule has 2 aliphatic heterocycles. The summed E-state index contributed by atoms with van der Waals surface area (Å²) in [6.45, 7) is 9.86. The molecule has 4 nitrogen and oxygen atoms in total. The van der Waals surface area contributed by atoms with Crippen molar-refractivity contribution in [3.05, 3.63) is 0 Å². The van der Waals surface area contributed by atoms with E-state index in [9.17, 15) is 4.79 Å². The predicted octanol–water partition coefficient (Wildman–Crippen LogP) is 1.70. The molecule has 0 spiro atoms. The zero-order valence-electron chi connectivity index (χ0n) is 12.6. The maximum Gasteiger partial charge on any atom is 0.226 e. The summed E-state index contributed by atoms with van der Waals surface area (Å²) in [4.78, 5) is 12.7. The molecule has 2 heterocycles. The second-order valence-corrected chi connectivity index (χ2v) is 6.89. The summed E-state index contributed by atoms with van der Waals surface area (Å²) in [6.07, 6.45) is 4.15. The molecule has 0 aromatic carbocycles.